The molecule has 0 saturated heterocycles. The minimum absolute atomic E-state index is 0.0195. The third-order valence-electron chi connectivity index (χ3n) is 1.93. The van der Waals surface area contributed by atoms with Crippen molar-refractivity contribution in [2.75, 3.05) is 0 Å². The first kappa shape index (κ1) is 7.86. The lowest BCUT2D eigenvalue weighted by Crippen LogP contribution is -1.95. The monoisotopic (exact) mass is 172 g/mol. The number of aromatic nitrogens is 2. The summed E-state index contributed by atoms with van der Waals surface area (Å²) < 4.78 is 0. The third kappa shape index (κ3) is 1.28. The Bertz CT molecular complexity index is 460. The number of benzene rings is 1. The Morgan fingerprint density at radius 3 is 2.92 bits per heavy atom. The maximum atomic E-state index is 11.2. The number of carbonyl (C=O) groups is 1. The minimum atomic E-state index is 0.0195. The standard InChI is InChI=1S/C10H8N2O/c1-7(13)9-4-2-3-8-5-6-11-12-10(8)9/h2-6H,1H3. The van der Waals surface area contributed by atoms with Crippen molar-refractivity contribution in [2.24, 2.45) is 0 Å². The zero-order valence-electron chi connectivity index (χ0n) is 7.19. The average molecular weight is 172 g/mol. The molecule has 2 rings (SSSR count). The number of ketones is 1. The summed E-state index contributed by atoms with van der Waals surface area (Å²) in [5, 5.41) is 8.63. The summed E-state index contributed by atoms with van der Waals surface area (Å²) >= 11 is 0. The molecule has 0 aliphatic heterocycles. The van der Waals surface area contributed by atoms with Gasteiger partial charge in [-0.2, -0.15) is 5.10 Å². The second kappa shape index (κ2) is 2.94. The highest BCUT2D eigenvalue weighted by Crippen LogP contribution is 2.14. The van der Waals surface area contributed by atoms with Gasteiger partial charge in [0.05, 0.1) is 6.20 Å². The van der Waals surface area contributed by atoms with Crippen molar-refractivity contribution >= 4 is 16.7 Å². The maximum absolute atomic E-state index is 11.2. The van der Waals surface area contributed by atoms with E-state index in [0.29, 0.717) is 11.1 Å². The van der Waals surface area contributed by atoms with Crippen LogP contribution >= 0.6 is 0 Å². The van der Waals surface area contributed by atoms with Crippen molar-refractivity contribution in [3.63, 3.8) is 0 Å². The molecule has 64 valence electrons. The van der Waals surface area contributed by atoms with Crippen molar-refractivity contribution in [2.45, 2.75) is 6.92 Å². The molecule has 1 aromatic carbocycles. The quantitative estimate of drug-likeness (QED) is 0.616. The number of nitrogens with zero attached hydrogens (tertiary/aromatic N) is 2. The van der Waals surface area contributed by atoms with E-state index in [1.165, 1.54) is 6.92 Å². The topological polar surface area (TPSA) is 42.9 Å². The van der Waals surface area contributed by atoms with Crippen LogP contribution < -0.4 is 0 Å². The van der Waals surface area contributed by atoms with Crippen LogP contribution in [0.25, 0.3) is 10.9 Å². The number of Topliss-reactive ketones (excluding diaryl/α,β-unsaturated/α-hetero) is 1. The van der Waals surface area contributed by atoms with Gasteiger partial charge in [-0.25, -0.2) is 0 Å². The van der Waals surface area contributed by atoms with Gasteiger partial charge in [-0.3, -0.25) is 4.79 Å². The van der Waals surface area contributed by atoms with E-state index in [2.05, 4.69) is 10.2 Å². The molecule has 0 unspecified atom stereocenters. The predicted octanol–water partition coefficient (Wildman–Crippen LogP) is 1.83. The molecular formula is C10H8N2O. The van der Waals surface area contributed by atoms with Gasteiger partial charge in [0.2, 0.25) is 0 Å². The highest BCUT2D eigenvalue weighted by molar-refractivity contribution is 6.05. The van der Waals surface area contributed by atoms with Crippen LogP contribution in [0, 0.1) is 0 Å². The number of hydrogen-bond donors (Lipinski definition) is 0. The summed E-state index contributed by atoms with van der Waals surface area (Å²) in [7, 11) is 0. The van der Waals surface area contributed by atoms with Gasteiger partial charge in [0.1, 0.15) is 5.52 Å². The van der Waals surface area contributed by atoms with E-state index in [0.717, 1.165) is 5.39 Å². The molecule has 1 heterocycles. The fraction of sp³-hybridized carbons (Fsp3) is 0.100. The van der Waals surface area contributed by atoms with Crippen molar-refractivity contribution < 1.29 is 4.79 Å². The Morgan fingerprint density at radius 1 is 1.31 bits per heavy atom. The molecule has 0 atom stereocenters. The molecule has 0 bridgehead atoms. The van der Waals surface area contributed by atoms with E-state index >= 15 is 0 Å². The van der Waals surface area contributed by atoms with E-state index in [-0.39, 0.29) is 5.78 Å². The fourth-order valence-corrected chi connectivity index (χ4v) is 1.30. The second-order valence-electron chi connectivity index (χ2n) is 2.83. The number of fused-ring (bicyclic) bond motifs is 1. The molecule has 0 saturated carbocycles. The Kier molecular flexibility index (Phi) is 1.77. The first-order chi connectivity index (χ1) is 6.29. The molecule has 0 aliphatic rings. The van der Waals surface area contributed by atoms with E-state index in [4.69, 9.17) is 0 Å². The van der Waals surface area contributed by atoms with Crippen LogP contribution in [0.5, 0.6) is 0 Å². The lowest BCUT2D eigenvalue weighted by molar-refractivity contribution is 0.101. The van der Waals surface area contributed by atoms with Crippen LogP contribution in [0.1, 0.15) is 17.3 Å². The fourth-order valence-electron chi connectivity index (χ4n) is 1.30. The first-order valence-electron chi connectivity index (χ1n) is 4.00. The molecular weight excluding hydrogens is 164 g/mol. The maximum Gasteiger partial charge on any atom is 0.162 e. The van der Waals surface area contributed by atoms with E-state index in [9.17, 15) is 4.79 Å². The average Bonchev–Trinajstić information content (AvgIpc) is 2.17. The summed E-state index contributed by atoms with van der Waals surface area (Å²) in [4.78, 5) is 11.2. The Labute approximate surface area is 75.4 Å². The van der Waals surface area contributed by atoms with E-state index in [1.54, 1.807) is 12.3 Å². The largest absolute Gasteiger partial charge is 0.294 e. The molecule has 0 N–H and O–H groups in total. The molecule has 0 amide bonds. The molecule has 2 aromatic rings. The molecule has 0 aliphatic carbocycles. The Morgan fingerprint density at radius 2 is 2.15 bits per heavy atom. The number of rotatable bonds is 1. The Balaban J connectivity index is 2.83. The summed E-state index contributed by atoms with van der Waals surface area (Å²) in [6.45, 7) is 1.53. The normalized spacial score (nSPS) is 10.2. The number of hydrogen-bond acceptors (Lipinski definition) is 3. The second-order valence-corrected chi connectivity index (χ2v) is 2.83. The van der Waals surface area contributed by atoms with Crippen LogP contribution in [-0.2, 0) is 0 Å². The van der Waals surface area contributed by atoms with Crippen molar-refractivity contribution in [1.82, 2.24) is 10.2 Å². The van der Waals surface area contributed by atoms with Gasteiger partial charge in [-0.05, 0) is 19.1 Å². The van der Waals surface area contributed by atoms with Crippen LogP contribution in [0.4, 0.5) is 0 Å². The summed E-state index contributed by atoms with van der Waals surface area (Å²) in [5.41, 5.74) is 1.31. The molecule has 3 heteroatoms. The van der Waals surface area contributed by atoms with Crippen molar-refractivity contribution in [3.05, 3.63) is 36.0 Å². The molecule has 3 nitrogen and oxygen atoms in total. The van der Waals surface area contributed by atoms with Crippen molar-refractivity contribution in [3.8, 4) is 0 Å². The lowest BCUT2D eigenvalue weighted by atomic mass is 10.1. The highest BCUT2D eigenvalue weighted by atomic mass is 16.1. The van der Waals surface area contributed by atoms with Crippen LogP contribution in [0.3, 0.4) is 0 Å². The van der Waals surface area contributed by atoms with Gasteiger partial charge in [0.15, 0.2) is 5.78 Å². The zero-order chi connectivity index (χ0) is 9.26. The van der Waals surface area contributed by atoms with Gasteiger partial charge in [0, 0.05) is 10.9 Å². The summed E-state index contributed by atoms with van der Waals surface area (Å²) in [5.74, 6) is 0.0195. The minimum Gasteiger partial charge on any atom is -0.294 e. The Hall–Kier alpha value is -1.77. The lowest BCUT2D eigenvalue weighted by Gasteiger charge is -1.99. The van der Waals surface area contributed by atoms with Crippen LogP contribution in [0.15, 0.2) is 30.5 Å². The van der Waals surface area contributed by atoms with Crippen LogP contribution in [-0.4, -0.2) is 16.0 Å². The first-order valence-corrected chi connectivity index (χ1v) is 4.00. The van der Waals surface area contributed by atoms with E-state index < -0.39 is 0 Å². The zero-order valence-corrected chi connectivity index (χ0v) is 7.19. The van der Waals surface area contributed by atoms with E-state index in [1.807, 2.05) is 18.2 Å². The highest BCUT2D eigenvalue weighted by Gasteiger charge is 2.05. The smallest absolute Gasteiger partial charge is 0.162 e. The predicted molar refractivity (Wildman–Crippen MR) is 49.5 cm³/mol. The molecule has 1 aromatic heterocycles. The van der Waals surface area contributed by atoms with Gasteiger partial charge < -0.3 is 0 Å². The third-order valence-corrected chi connectivity index (χ3v) is 1.93. The van der Waals surface area contributed by atoms with Gasteiger partial charge in [-0.1, -0.05) is 12.1 Å². The van der Waals surface area contributed by atoms with Gasteiger partial charge >= 0.3 is 0 Å². The number of carbonyl (C=O) groups excluding carboxylic acids is 1. The summed E-state index contributed by atoms with van der Waals surface area (Å²) in [6.07, 6.45) is 1.62. The SMILES string of the molecule is CC(=O)c1cccc2ccnnc12. The van der Waals surface area contributed by atoms with Gasteiger partial charge in [-0.15, -0.1) is 5.10 Å². The van der Waals surface area contributed by atoms with Crippen LogP contribution in [0.2, 0.25) is 0 Å². The molecule has 13 heavy (non-hydrogen) atoms. The summed E-state index contributed by atoms with van der Waals surface area (Å²) in [6, 6.07) is 7.37. The molecule has 0 spiro atoms. The molecule has 0 fully saturated rings. The van der Waals surface area contributed by atoms with Crippen molar-refractivity contribution in [1.29, 1.82) is 0 Å². The molecule has 0 radical (unpaired) electrons. The van der Waals surface area contributed by atoms with Gasteiger partial charge in [0.25, 0.3) is 0 Å².